The van der Waals surface area contributed by atoms with Crippen molar-refractivity contribution in [2.75, 3.05) is 13.2 Å². The van der Waals surface area contributed by atoms with Crippen LogP contribution in [0.25, 0.3) is 0 Å². The van der Waals surface area contributed by atoms with E-state index >= 15 is 0 Å². The van der Waals surface area contributed by atoms with Gasteiger partial charge in [0.05, 0.1) is 25.4 Å². The maximum absolute atomic E-state index is 12.8. The number of carbonyl (C=O) groups excluding carboxylic acids is 1. The summed E-state index contributed by atoms with van der Waals surface area (Å²) in [6, 6.07) is -0.815. The minimum atomic E-state index is -1.57. The third-order valence-corrected chi connectivity index (χ3v) is 8.79. The van der Waals surface area contributed by atoms with E-state index in [4.69, 9.17) is 9.47 Å². The van der Waals surface area contributed by atoms with Gasteiger partial charge in [0, 0.05) is 6.42 Å². The van der Waals surface area contributed by atoms with Gasteiger partial charge in [0.15, 0.2) is 6.29 Å². The predicted octanol–water partition coefficient (Wildman–Crippen LogP) is 7.05. The molecule has 1 saturated heterocycles. The molecule has 9 heteroatoms. The number of aliphatic hydroxyl groups excluding tert-OH is 5. The summed E-state index contributed by atoms with van der Waals surface area (Å²) in [5.74, 6) is -0.205. The van der Waals surface area contributed by atoms with Crippen LogP contribution in [-0.2, 0) is 14.3 Å². The van der Waals surface area contributed by atoms with Gasteiger partial charge in [0.1, 0.15) is 24.4 Å². The highest BCUT2D eigenvalue weighted by molar-refractivity contribution is 5.76. The Morgan fingerprint density at radius 2 is 1.22 bits per heavy atom. The fourth-order valence-corrected chi connectivity index (χ4v) is 5.59. The van der Waals surface area contributed by atoms with E-state index in [1.807, 2.05) is 6.08 Å². The lowest BCUT2D eigenvalue weighted by molar-refractivity contribution is -0.302. The van der Waals surface area contributed by atoms with Crippen molar-refractivity contribution in [1.29, 1.82) is 0 Å². The van der Waals surface area contributed by atoms with Gasteiger partial charge >= 0.3 is 0 Å². The molecular weight excluding hydrogens is 646 g/mol. The van der Waals surface area contributed by atoms with Gasteiger partial charge in [0.25, 0.3) is 0 Å². The molecule has 0 spiro atoms. The largest absolute Gasteiger partial charge is 0.394 e. The highest BCUT2D eigenvalue weighted by Gasteiger charge is 2.44. The average Bonchev–Trinajstić information content (AvgIpc) is 3.13. The van der Waals surface area contributed by atoms with Crippen molar-refractivity contribution in [3.63, 3.8) is 0 Å². The molecule has 0 radical (unpaired) electrons. The Morgan fingerprint density at radius 1 is 0.686 bits per heavy atom. The molecule has 7 unspecified atom stereocenters. The van der Waals surface area contributed by atoms with Gasteiger partial charge in [0.2, 0.25) is 5.91 Å². The van der Waals surface area contributed by atoms with E-state index in [1.54, 1.807) is 6.08 Å². The molecule has 0 saturated carbocycles. The summed E-state index contributed by atoms with van der Waals surface area (Å²) in [6.45, 7) is 3.55. The van der Waals surface area contributed by atoms with E-state index in [0.717, 1.165) is 89.9 Å². The zero-order chi connectivity index (χ0) is 37.4. The zero-order valence-corrected chi connectivity index (χ0v) is 31.6. The first-order valence-electron chi connectivity index (χ1n) is 19.7. The van der Waals surface area contributed by atoms with Crippen LogP contribution in [0.5, 0.6) is 0 Å². The van der Waals surface area contributed by atoms with Crippen molar-refractivity contribution in [2.24, 2.45) is 0 Å². The fraction of sp³-hybridized carbons (Fsp3) is 0.690. The van der Waals surface area contributed by atoms with Crippen LogP contribution in [0, 0.1) is 0 Å². The van der Waals surface area contributed by atoms with E-state index in [2.05, 4.69) is 79.9 Å². The van der Waals surface area contributed by atoms with Crippen molar-refractivity contribution < 1.29 is 39.8 Å². The standard InChI is InChI=1S/C42H71NO8/c1-3-5-7-9-11-12-13-14-15-16-17-18-19-20-21-22-23-24-26-28-30-32-38(46)43-35(36(45)31-29-27-25-10-8-6-4-2)34-50-42-41(49)40(48)39(47)37(33-44)51-42/h5,7,11-12,14-15,17-18,20-21,29,31,35-37,39-42,44-45,47-49H,3-4,6,8-10,13,16,19,22-28,30,32-34H2,1-2H3,(H,43,46)/b7-5-,12-11-,15-14-,18-17-,21-20-,31-29+. The average molecular weight is 718 g/mol. The summed E-state index contributed by atoms with van der Waals surface area (Å²) in [7, 11) is 0. The van der Waals surface area contributed by atoms with Crippen LogP contribution in [0.4, 0.5) is 0 Å². The molecule has 1 aliphatic heterocycles. The molecule has 9 nitrogen and oxygen atoms in total. The first-order valence-corrected chi connectivity index (χ1v) is 19.7. The van der Waals surface area contributed by atoms with Gasteiger partial charge in [-0.2, -0.15) is 0 Å². The minimum absolute atomic E-state index is 0.202. The SMILES string of the molecule is CC/C=C\C/C=C\C/C=C\C/C=C\C/C=C\CCCCCCCC(=O)NC(COC1OC(CO)C(O)C(O)C1O)C(O)/C=C/CCCCCCC. The van der Waals surface area contributed by atoms with E-state index < -0.39 is 49.5 Å². The second-order valence-corrected chi connectivity index (χ2v) is 13.3. The fourth-order valence-electron chi connectivity index (χ4n) is 5.59. The molecule has 1 amide bonds. The van der Waals surface area contributed by atoms with E-state index in [-0.39, 0.29) is 12.5 Å². The molecule has 1 fully saturated rings. The second-order valence-electron chi connectivity index (χ2n) is 13.3. The number of rotatable bonds is 30. The van der Waals surface area contributed by atoms with Crippen LogP contribution in [0.15, 0.2) is 72.9 Å². The van der Waals surface area contributed by atoms with Gasteiger partial charge in [-0.25, -0.2) is 0 Å². The third-order valence-electron chi connectivity index (χ3n) is 8.79. The molecule has 1 aliphatic rings. The number of carbonyl (C=O) groups is 1. The first-order chi connectivity index (χ1) is 24.8. The molecule has 1 rings (SSSR count). The minimum Gasteiger partial charge on any atom is -0.394 e. The molecule has 51 heavy (non-hydrogen) atoms. The Hall–Kier alpha value is -2.37. The summed E-state index contributed by atoms with van der Waals surface area (Å²) in [6.07, 6.45) is 35.3. The molecule has 7 atom stereocenters. The Morgan fingerprint density at radius 3 is 1.80 bits per heavy atom. The quantitative estimate of drug-likeness (QED) is 0.0342. The molecule has 292 valence electrons. The number of amides is 1. The normalized spacial score (nSPS) is 22.8. The molecule has 0 aromatic carbocycles. The number of aliphatic hydroxyl groups is 5. The summed E-state index contributed by atoms with van der Waals surface area (Å²) < 4.78 is 11.1. The molecule has 0 bridgehead atoms. The van der Waals surface area contributed by atoms with Gasteiger partial charge in [-0.1, -0.05) is 132 Å². The summed E-state index contributed by atoms with van der Waals surface area (Å²) >= 11 is 0. The van der Waals surface area contributed by atoms with E-state index in [0.29, 0.717) is 6.42 Å². The highest BCUT2D eigenvalue weighted by atomic mass is 16.7. The number of allylic oxidation sites excluding steroid dienone is 11. The van der Waals surface area contributed by atoms with Crippen LogP contribution in [0.1, 0.15) is 129 Å². The van der Waals surface area contributed by atoms with Crippen molar-refractivity contribution >= 4 is 5.91 Å². The number of hydrogen-bond donors (Lipinski definition) is 6. The van der Waals surface area contributed by atoms with Gasteiger partial charge in [-0.15, -0.1) is 0 Å². The van der Waals surface area contributed by atoms with Crippen molar-refractivity contribution in [1.82, 2.24) is 5.32 Å². The smallest absolute Gasteiger partial charge is 0.220 e. The van der Waals surface area contributed by atoms with Crippen LogP contribution in [0.3, 0.4) is 0 Å². The lowest BCUT2D eigenvalue weighted by Gasteiger charge is -2.40. The molecule has 1 heterocycles. The lowest BCUT2D eigenvalue weighted by atomic mass is 9.99. The Balaban J connectivity index is 2.35. The Labute approximate surface area is 308 Å². The maximum atomic E-state index is 12.8. The van der Waals surface area contributed by atoms with E-state index in [9.17, 15) is 30.3 Å². The summed E-state index contributed by atoms with van der Waals surface area (Å²) in [5.41, 5.74) is 0. The summed E-state index contributed by atoms with van der Waals surface area (Å²) in [4.78, 5) is 12.8. The molecule has 0 aromatic heterocycles. The van der Waals surface area contributed by atoms with Crippen LogP contribution in [-0.4, -0.2) is 87.5 Å². The molecule has 6 N–H and O–H groups in total. The summed E-state index contributed by atoms with van der Waals surface area (Å²) in [5, 5.41) is 53.7. The van der Waals surface area contributed by atoms with Gasteiger partial charge < -0.3 is 40.3 Å². The number of hydrogen-bond acceptors (Lipinski definition) is 8. The Kier molecular flexibility index (Phi) is 29.5. The third kappa shape index (κ3) is 23.7. The van der Waals surface area contributed by atoms with Gasteiger partial charge in [-0.3, -0.25) is 4.79 Å². The molecular formula is C42H71NO8. The second kappa shape index (κ2) is 32.3. The Bertz CT molecular complexity index is 1020. The van der Waals surface area contributed by atoms with Crippen molar-refractivity contribution in [2.45, 2.75) is 172 Å². The van der Waals surface area contributed by atoms with Crippen LogP contribution in [0.2, 0.25) is 0 Å². The van der Waals surface area contributed by atoms with E-state index in [1.165, 1.54) is 19.3 Å². The predicted molar refractivity (Wildman–Crippen MR) is 207 cm³/mol. The number of unbranched alkanes of at least 4 members (excludes halogenated alkanes) is 10. The first kappa shape index (κ1) is 46.7. The molecule has 0 aliphatic carbocycles. The van der Waals surface area contributed by atoms with Crippen LogP contribution >= 0.6 is 0 Å². The monoisotopic (exact) mass is 718 g/mol. The maximum Gasteiger partial charge on any atom is 0.220 e. The highest BCUT2D eigenvalue weighted by Crippen LogP contribution is 2.22. The van der Waals surface area contributed by atoms with Crippen molar-refractivity contribution in [3.8, 4) is 0 Å². The topological polar surface area (TPSA) is 149 Å². The molecule has 0 aromatic rings. The number of ether oxygens (including phenoxy) is 2. The van der Waals surface area contributed by atoms with Gasteiger partial charge in [-0.05, 0) is 64.2 Å². The zero-order valence-electron chi connectivity index (χ0n) is 31.6. The number of nitrogens with one attached hydrogen (secondary N) is 1. The lowest BCUT2D eigenvalue weighted by Crippen LogP contribution is -2.60. The van der Waals surface area contributed by atoms with Crippen molar-refractivity contribution in [3.05, 3.63) is 72.9 Å². The van der Waals surface area contributed by atoms with Crippen LogP contribution < -0.4 is 5.32 Å².